The van der Waals surface area contributed by atoms with E-state index >= 15 is 0 Å². The lowest BCUT2D eigenvalue weighted by atomic mass is 9.89. The molecule has 1 heterocycles. The smallest absolute Gasteiger partial charge is 0.411 e. The number of halogens is 1. The fraction of sp³-hybridized carbons (Fsp3) is 0.867. The van der Waals surface area contributed by atoms with Gasteiger partial charge in [0.15, 0.2) is 0 Å². The van der Waals surface area contributed by atoms with Crippen LogP contribution < -0.4 is 0 Å². The van der Waals surface area contributed by atoms with Gasteiger partial charge in [0, 0.05) is 11.9 Å². The summed E-state index contributed by atoms with van der Waals surface area (Å²) in [6.07, 6.45) is 2.71. The summed E-state index contributed by atoms with van der Waals surface area (Å²) in [5.74, 6) is -0.339. The van der Waals surface area contributed by atoms with Gasteiger partial charge in [-0.25, -0.2) is 9.59 Å². The molecule has 1 rings (SSSR count). The van der Waals surface area contributed by atoms with Crippen molar-refractivity contribution < 1.29 is 19.1 Å². The molecule has 5 nitrogen and oxygen atoms in total. The van der Waals surface area contributed by atoms with E-state index in [2.05, 4.69) is 15.9 Å². The van der Waals surface area contributed by atoms with E-state index in [1.165, 1.54) is 4.90 Å². The zero-order valence-electron chi connectivity index (χ0n) is 13.4. The lowest BCUT2D eigenvalue weighted by Crippen LogP contribution is -2.59. The van der Waals surface area contributed by atoms with Gasteiger partial charge >= 0.3 is 12.1 Å². The van der Waals surface area contributed by atoms with Crippen LogP contribution in [0.4, 0.5) is 4.79 Å². The molecule has 0 bridgehead atoms. The molecule has 1 saturated heterocycles. The minimum absolute atomic E-state index is 0.339. The number of rotatable bonds is 4. The molecule has 21 heavy (non-hydrogen) atoms. The van der Waals surface area contributed by atoms with Gasteiger partial charge in [-0.2, -0.15) is 0 Å². The van der Waals surface area contributed by atoms with Crippen LogP contribution in [0.25, 0.3) is 0 Å². The predicted octanol–water partition coefficient (Wildman–Crippen LogP) is 3.49. The number of ether oxygens (including phenoxy) is 2. The number of nitrogens with zero attached hydrogens (tertiary/aromatic N) is 1. The highest BCUT2D eigenvalue weighted by molar-refractivity contribution is 9.09. The molecule has 1 fully saturated rings. The molecular weight excluding hydrogens is 338 g/mol. The Morgan fingerprint density at radius 3 is 2.52 bits per heavy atom. The Kier molecular flexibility index (Phi) is 6.50. The van der Waals surface area contributed by atoms with E-state index < -0.39 is 17.2 Å². The highest BCUT2D eigenvalue weighted by atomic mass is 79.9. The summed E-state index contributed by atoms with van der Waals surface area (Å²) in [5, 5.41) is 0.784. The van der Waals surface area contributed by atoms with Crippen LogP contribution in [0.2, 0.25) is 0 Å². The van der Waals surface area contributed by atoms with E-state index in [4.69, 9.17) is 9.47 Å². The molecule has 0 N–H and O–H groups in total. The number of amides is 1. The monoisotopic (exact) mass is 363 g/mol. The van der Waals surface area contributed by atoms with Crippen molar-refractivity contribution in [3.05, 3.63) is 0 Å². The minimum atomic E-state index is -0.924. The lowest BCUT2D eigenvalue weighted by molar-refractivity contribution is -0.159. The summed E-state index contributed by atoms with van der Waals surface area (Å²) in [4.78, 5) is 26.3. The summed E-state index contributed by atoms with van der Waals surface area (Å²) in [6.45, 7) is 8.12. The average molecular weight is 364 g/mol. The first-order valence-corrected chi connectivity index (χ1v) is 8.57. The SMILES string of the molecule is CC(C)(C)OC(=O)N1CCCCC1(C)C(=O)OCCCBr. The number of hydrogen-bond acceptors (Lipinski definition) is 4. The predicted molar refractivity (Wildman–Crippen MR) is 84.6 cm³/mol. The molecule has 1 amide bonds. The molecule has 0 aromatic carbocycles. The molecule has 0 saturated carbocycles. The topological polar surface area (TPSA) is 55.8 Å². The van der Waals surface area contributed by atoms with Crippen molar-refractivity contribution in [1.82, 2.24) is 4.90 Å². The fourth-order valence-electron chi connectivity index (χ4n) is 2.32. The number of hydrogen-bond donors (Lipinski definition) is 0. The molecule has 0 spiro atoms. The Hall–Kier alpha value is -0.780. The zero-order chi connectivity index (χ0) is 16.1. The Balaban J connectivity index is 2.79. The molecule has 0 aromatic rings. The first-order valence-electron chi connectivity index (χ1n) is 7.44. The normalized spacial score (nSPS) is 22.8. The summed E-state index contributed by atoms with van der Waals surface area (Å²) in [5.41, 5.74) is -1.50. The molecule has 1 atom stereocenters. The van der Waals surface area contributed by atoms with E-state index in [9.17, 15) is 9.59 Å². The third-order valence-electron chi connectivity index (χ3n) is 3.46. The average Bonchev–Trinajstić information content (AvgIpc) is 2.37. The van der Waals surface area contributed by atoms with E-state index in [1.807, 2.05) is 20.8 Å². The molecule has 122 valence electrons. The van der Waals surface area contributed by atoms with Gasteiger partial charge in [-0.05, 0) is 53.4 Å². The molecule has 1 aliphatic heterocycles. The molecule has 0 aromatic heterocycles. The Labute approximate surface area is 135 Å². The summed E-state index contributed by atoms with van der Waals surface area (Å²) < 4.78 is 10.7. The van der Waals surface area contributed by atoms with Gasteiger partial charge in [0.2, 0.25) is 0 Å². The second kappa shape index (κ2) is 7.47. The molecule has 1 aliphatic rings. The third kappa shape index (κ3) is 5.16. The van der Waals surface area contributed by atoms with Crippen LogP contribution in [-0.4, -0.2) is 46.6 Å². The van der Waals surface area contributed by atoms with Crippen LogP contribution in [0.5, 0.6) is 0 Å². The first-order chi connectivity index (χ1) is 9.70. The van der Waals surface area contributed by atoms with Crippen LogP contribution in [0.3, 0.4) is 0 Å². The molecule has 1 unspecified atom stereocenters. The van der Waals surface area contributed by atoms with Crippen LogP contribution in [0.1, 0.15) is 53.4 Å². The van der Waals surface area contributed by atoms with Gasteiger partial charge in [0.1, 0.15) is 11.1 Å². The maximum Gasteiger partial charge on any atom is 0.411 e. The Morgan fingerprint density at radius 1 is 1.29 bits per heavy atom. The van der Waals surface area contributed by atoms with Crippen LogP contribution >= 0.6 is 15.9 Å². The highest BCUT2D eigenvalue weighted by Gasteiger charge is 2.46. The van der Waals surface area contributed by atoms with Crippen LogP contribution in [0.15, 0.2) is 0 Å². The molecule has 6 heteroatoms. The van der Waals surface area contributed by atoms with E-state index in [1.54, 1.807) is 6.92 Å². The number of piperidine rings is 1. The third-order valence-corrected chi connectivity index (χ3v) is 4.02. The number of esters is 1. The van der Waals surface area contributed by atoms with Gasteiger partial charge in [0.25, 0.3) is 0 Å². The van der Waals surface area contributed by atoms with Crippen molar-refractivity contribution in [3.63, 3.8) is 0 Å². The van der Waals surface area contributed by atoms with E-state index in [-0.39, 0.29) is 5.97 Å². The summed E-state index contributed by atoms with van der Waals surface area (Å²) in [7, 11) is 0. The summed E-state index contributed by atoms with van der Waals surface area (Å²) >= 11 is 3.30. The van der Waals surface area contributed by atoms with Gasteiger partial charge < -0.3 is 9.47 Å². The van der Waals surface area contributed by atoms with Gasteiger partial charge in [-0.1, -0.05) is 15.9 Å². The number of carbonyl (C=O) groups excluding carboxylic acids is 2. The number of carbonyl (C=O) groups is 2. The maximum absolute atomic E-state index is 12.4. The van der Waals surface area contributed by atoms with E-state index in [0.29, 0.717) is 19.6 Å². The van der Waals surface area contributed by atoms with Gasteiger partial charge in [0.05, 0.1) is 6.61 Å². The van der Waals surface area contributed by atoms with Gasteiger partial charge in [-0.3, -0.25) is 4.90 Å². The standard InChI is InChI=1S/C15H26BrNO4/c1-14(2,3)21-13(19)17-10-6-5-8-15(17,4)12(18)20-11-7-9-16/h5-11H2,1-4H3. The van der Waals surface area contributed by atoms with Crippen molar-refractivity contribution in [1.29, 1.82) is 0 Å². The van der Waals surface area contributed by atoms with Crippen LogP contribution in [0, 0.1) is 0 Å². The van der Waals surface area contributed by atoms with Crippen molar-refractivity contribution >= 4 is 28.0 Å². The number of likely N-dealkylation sites (tertiary alicyclic amines) is 1. The first kappa shape index (κ1) is 18.3. The Bertz CT molecular complexity index is 380. The van der Waals surface area contributed by atoms with Crippen molar-refractivity contribution in [3.8, 4) is 0 Å². The maximum atomic E-state index is 12.4. The van der Waals surface area contributed by atoms with Crippen molar-refractivity contribution in [2.75, 3.05) is 18.5 Å². The molecule has 0 aliphatic carbocycles. The fourth-order valence-corrected chi connectivity index (χ4v) is 2.55. The van der Waals surface area contributed by atoms with Crippen molar-refractivity contribution in [2.24, 2.45) is 0 Å². The molecule has 0 radical (unpaired) electrons. The second-order valence-electron chi connectivity index (χ2n) is 6.54. The minimum Gasteiger partial charge on any atom is -0.464 e. The zero-order valence-corrected chi connectivity index (χ0v) is 15.0. The largest absolute Gasteiger partial charge is 0.464 e. The molecular formula is C15H26BrNO4. The van der Waals surface area contributed by atoms with Crippen LogP contribution in [-0.2, 0) is 14.3 Å². The highest BCUT2D eigenvalue weighted by Crippen LogP contribution is 2.31. The van der Waals surface area contributed by atoms with E-state index in [0.717, 1.165) is 24.6 Å². The lowest BCUT2D eigenvalue weighted by Gasteiger charge is -2.42. The number of alkyl halides is 1. The quantitative estimate of drug-likeness (QED) is 0.435. The second-order valence-corrected chi connectivity index (χ2v) is 7.33. The van der Waals surface area contributed by atoms with Gasteiger partial charge in [-0.15, -0.1) is 0 Å². The summed E-state index contributed by atoms with van der Waals surface area (Å²) in [6, 6.07) is 0. The Morgan fingerprint density at radius 2 is 1.95 bits per heavy atom. The van der Waals surface area contributed by atoms with Crippen molar-refractivity contribution in [2.45, 2.75) is 64.5 Å².